The Morgan fingerprint density at radius 2 is 2.05 bits per heavy atom. The van der Waals surface area contributed by atoms with Crippen molar-refractivity contribution in [3.63, 3.8) is 0 Å². The fraction of sp³-hybridized carbons (Fsp3) is 0.500. The van der Waals surface area contributed by atoms with Gasteiger partial charge in [0.15, 0.2) is 0 Å². The highest BCUT2D eigenvalue weighted by molar-refractivity contribution is 8.00. The van der Waals surface area contributed by atoms with Crippen molar-refractivity contribution < 1.29 is 4.39 Å². The number of hydrogen-bond donors (Lipinski definition) is 1. The Morgan fingerprint density at radius 1 is 1.42 bits per heavy atom. The van der Waals surface area contributed by atoms with E-state index < -0.39 is 0 Å². The largest absolute Gasteiger partial charge is 0.389 e. The first-order valence-corrected chi connectivity index (χ1v) is 7.77. The Kier molecular flexibility index (Phi) is 4.81. The molecule has 0 spiro atoms. The molecule has 1 saturated heterocycles. The molecule has 5 heteroatoms. The smallest absolute Gasteiger partial charge is 0.127 e. The molecule has 2 rings (SSSR count). The zero-order valence-corrected chi connectivity index (χ0v) is 12.9. The SMILES string of the molecule is CC1CN(Cc2cc(C(N)=S)ccc2F)CC(C)S1. The summed E-state index contributed by atoms with van der Waals surface area (Å²) in [6.45, 7) is 7.04. The first kappa shape index (κ1) is 14.8. The predicted octanol–water partition coefficient (Wildman–Crippen LogP) is 2.79. The van der Waals surface area contributed by atoms with E-state index in [1.165, 1.54) is 6.07 Å². The third-order valence-electron chi connectivity index (χ3n) is 3.22. The predicted molar refractivity (Wildman–Crippen MR) is 84.1 cm³/mol. The fourth-order valence-corrected chi connectivity index (χ4v) is 4.02. The molecule has 2 atom stereocenters. The van der Waals surface area contributed by atoms with Crippen LogP contribution in [0.4, 0.5) is 4.39 Å². The van der Waals surface area contributed by atoms with Crippen molar-refractivity contribution in [1.29, 1.82) is 0 Å². The molecule has 0 radical (unpaired) electrons. The molecule has 1 aromatic rings. The zero-order chi connectivity index (χ0) is 14.0. The third-order valence-corrected chi connectivity index (χ3v) is 4.68. The van der Waals surface area contributed by atoms with Gasteiger partial charge in [-0.05, 0) is 18.2 Å². The van der Waals surface area contributed by atoms with Crippen LogP contribution in [0.2, 0.25) is 0 Å². The van der Waals surface area contributed by atoms with Crippen LogP contribution in [-0.4, -0.2) is 33.5 Å². The summed E-state index contributed by atoms with van der Waals surface area (Å²) in [6, 6.07) is 4.86. The number of thioether (sulfide) groups is 1. The Bertz CT molecular complexity index is 469. The molecule has 1 heterocycles. The summed E-state index contributed by atoms with van der Waals surface area (Å²) in [4.78, 5) is 2.62. The van der Waals surface area contributed by atoms with Crippen molar-refractivity contribution in [3.05, 3.63) is 35.1 Å². The van der Waals surface area contributed by atoms with Crippen molar-refractivity contribution in [3.8, 4) is 0 Å². The van der Waals surface area contributed by atoms with E-state index in [0.29, 0.717) is 27.6 Å². The van der Waals surface area contributed by atoms with Gasteiger partial charge in [0.2, 0.25) is 0 Å². The van der Waals surface area contributed by atoms with Gasteiger partial charge in [-0.3, -0.25) is 4.90 Å². The topological polar surface area (TPSA) is 29.3 Å². The monoisotopic (exact) mass is 298 g/mol. The highest BCUT2D eigenvalue weighted by Crippen LogP contribution is 2.26. The minimum absolute atomic E-state index is 0.182. The molecule has 1 fully saturated rings. The van der Waals surface area contributed by atoms with Crippen LogP contribution in [0.5, 0.6) is 0 Å². The molecule has 0 amide bonds. The van der Waals surface area contributed by atoms with Gasteiger partial charge < -0.3 is 5.73 Å². The Morgan fingerprint density at radius 3 is 2.63 bits per heavy atom. The van der Waals surface area contributed by atoms with E-state index >= 15 is 0 Å². The van der Waals surface area contributed by atoms with E-state index in [0.717, 1.165) is 18.7 Å². The summed E-state index contributed by atoms with van der Waals surface area (Å²) >= 11 is 6.94. The van der Waals surface area contributed by atoms with Gasteiger partial charge in [-0.1, -0.05) is 26.1 Å². The van der Waals surface area contributed by atoms with Crippen LogP contribution in [0.3, 0.4) is 0 Å². The van der Waals surface area contributed by atoms with Gasteiger partial charge in [-0.2, -0.15) is 11.8 Å². The van der Waals surface area contributed by atoms with Crippen LogP contribution < -0.4 is 5.73 Å². The lowest BCUT2D eigenvalue weighted by atomic mass is 10.1. The van der Waals surface area contributed by atoms with Crippen LogP contribution >= 0.6 is 24.0 Å². The van der Waals surface area contributed by atoms with E-state index in [2.05, 4.69) is 18.7 Å². The Balaban J connectivity index is 2.13. The minimum atomic E-state index is -0.182. The maximum absolute atomic E-state index is 13.9. The lowest BCUT2D eigenvalue weighted by Crippen LogP contribution is -2.39. The van der Waals surface area contributed by atoms with Crippen LogP contribution in [0, 0.1) is 5.82 Å². The summed E-state index contributed by atoms with van der Waals surface area (Å²) in [5.74, 6) is -0.182. The first-order chi connectivity index (χ1) is 8.95. The number of benzene rings is 1. The number of nitrogens with zero attached hydrogens (tertiary/aromatic N) is 1. The number of halogens is 1. The van der Waals surface area contributed by atoms with Gasteiger partial charge in [0, 0.05) is 41.3 Å². The molecular weight excluding hydrogens is 279 g/mol. The minimum Gasteiger partial charge on any atom is -0.389 e. The van der Waals surface area contributed by atoms with Crippen molar-refractivity contribution in [2.24, 2.45) is 5.73 Å². The Hall–Kier alpha value is -0.650. The standard InChI is InChI=1S/C14H19FN2S2/c1-9-6-17(7-10(2)19-9)8-12-5-11(14(16)18)3-4-13(12)15/h3-5,9-10H,6-8H2,1-2H3,(H2,16,18). The molecule has 104 valence electrons. The molecule has 0 saturated carbocycles. The molecule has 19 heavy (non-hydrogen) atoms. The van der Waals surface area contributed by atoms with Gasteiger partial charge in [0.1, 0.15) is 10.8 Å². The second kappa shape index (κ2) is 6.20. The number of nitrogens with two attached hydrogens (primary N) is 1. The molecule has 1 aliphatic heterocycles. The summed E-state index contributed by atoms with van der Waals surface area (Å²) in [6.07, 6.45) is 0. The van der Waals surface area contributed by atoms with Gasteiger partial charge in [-0.15, -0.1) is 0 Å². The van der Waals surface area contributed by atoms with Gasteiger partial charge in [0.05, 0.1) is 0 Å². The maximum Gasteiger partial charge on any atom is 0.127 e. The number of thiocarbonyl (C=S) groups is 1. The summed E-state index contributed by atoms with van der Waals surface area (Å²) < 4.78 is 13.9. The quantitative estimate of drug-likeness (QED) is 0.869. The summed E-state index contributed by atoms with van der Waals surface area (Å²) in [7, 11) is 0. The molecule has 1 aliphatic rings. The molecule has 1 aromatic carbocycles. The van der Waals surface area contributed by atoms with Crippen molar-refractivity contribution in [2.75, 3.05) is 13.1 Å². The highest BCUT2D eigenvalue weighted by atomic mass is 32.2. The second-order valence-electron chi connectivity index (χ2n) is 5.12. The molecule has 0 bridgehead atoms. The van der Waals surface area contributed by atoms with Crippen LogP contribution in [0.15, 0.2) is 18.2 Å². The molecule has 0 aromatic heterocycles. The highest BCUT2D eigenvalue weighted by Gasteiger charge is 2.23. The number of hydrogen-bond acceptors (Lipinski definition) is 3. The van der Waals surface area contributed by atoms with E-state index in [9.17, 15) is 4.39 Å². The van der Waals surface area contributed by atoms with E-state index in [-0.39, 0.29) is 5.82 Å². The lowest BCUT2D eigenvalue weighted by Gasteiger charge is -2.34. The average molecular weight is 298 g/mol. The second-order valence-corrected chi connectivity index (χ2v) is 7.44. The summed E-state index contributed by atoms with van der Waals surface area (Å²) in [5, 5.41) is 1.18. The molecular formula is C14H19FN2S2. The molecule has 2 nitrogen and oxygen atoms in total. The maximum atomic E-state index is 13.9. The van der Waals surface area contributed by atoms with Gasteiger partial charge in [0.25, 0.3) is 0 Å². The number of rotatable bonds is 3. The van der Waals surface area contributed by atoms with Crippen LogP contribution in [-0.2, 0) is 6.54 Å². The van der Waals surface area contributed by atoms with Crippen molar-refractivity contribution in [2.45, 2.75) is 30.9 Å². The lowest BCUT2D eigenvalue weighted by molar-refractivity contribution is 0.259. The van der Waals surface area contributed by atoms with Gasteiger partial charge >= 0.3 is 0 Å². The van der Waals surface area contributed by atoms with Crippen molar-refractivity contribution in [1.82, 2.24) is 4.90 Å². The van der Waals surface area contributed by atoms with E-state index in [4.69, 9.17) is 18.0 Å². The average Bonchev–Trinajstić information content (AvgIpc) is 2.30. The van der Waals surface area contributed by atoms with E-state index in [1.807, 2.05) is 11.8 Å². The summed E-state index contributed by atoms with van der Waals surface area (Å²) in [5.41, 5.74) is 7.01. The normalized spacial score (nSPS) is 24.4. The fourth-order valence-electron chi connectivity index (χ4n) is 2.50. The van der Waals surface area contributed by atoms with E-state index in [1.54, 1.807) is 12.1 Å². The van der Waals surface area contributed by atoms with Crippen LogP contribution in [0.1, 0.15) is 25.0 Å². The molecule has 2 unspecified atom stereocenters. The van der Waals surface area contributed by atoms with Crippen molar-refractivity contribution >= 4 is 29.0 Å². The molecule has 2 N–H and O–H groups in total. The zero-order valence-electron chi connectivity index (χ0n) is 11.2. The van der Waals surface area contributed by atoms with Gasteiger partial charge in [-0.25, -0.2) is 4.39 Å². The van der Waals surface area contributed by atoms with Crippen LogP contribution in [0.25, 0.3) is 0 Å². The third kappa shape index (κ3) is 3.91. The first-order valence-electron chi connectivity index (χ1n) is 6.41. The Labute approximate surface area is 123 Å². The molecule has 0 aliphatic carbocycles.